The maximum absolute atomic E-state index is 13.6. The molecule has 1 saturated heterocycles. The fraction of sp³-hybridized carbons (Fsp3) is 0.417. The lowest BCUT2D eigenvalue weighted by Gasteiger charge is -2.30. The number of piperidine rings is 1. The van der Waals surface area contributed by atoms with Gasteiger partial charge in [-0.3, -0.25) is 14.9 Å². The van der Waals surface area contributed by atoms with Crippen molar-refractivity contribution in [3.63, 3.8) is 0 Å². The third kappa shape index (κ3) is 2.74. The van der Waals surface area contributed by atoms with Crippen LogP contribution in [0.15, 0.2) is 12.1 Å². The van der Waals surface area contributed by atoms with E-state index in [0.29, 0.717) is 31.5 Å². The summed E-state index contributed by atoms with van der Waals surface area (Å²) in [4.78, 5) is 22.9. The van der Waals surface area contributed by atoms with Crippen LogP contribution in [0.4, 0.5) is 14.5 Å². The normalized spacial score (nSPS) is 18.9. The maximum atomic E-state index is 13.6. The van der Waals surface area contributed by atoms with Crippen molar-refractivity contribution in [2.24, 2.45) is 0 Å². The number of amides is 1. The summed E-state index contributed by atoms with van der Waals surface area (Å²) in [5.41, 5.74) is -1.51. The molecule has 6 nitrogen and oxygen atoms in total. The van der Waals surface area contributed by atoms with Gasteiger partial charge >= 0.3 is 5.69 Å². The molecule has 1 heterocycles. The number of β-amino-alcohol motifs (C(OH)–C–C–N with tert-alkyl or cyclic N) is 1. The molecule has 0 radical (unpaired) electrons. The van der Waals surface area contributed by atoms with Gasteiger partial charge in [-0.25, -0.2) is 4.39 Å². The first kappa shape index (κ1) is 14.3. The number of benzene rings is 1. The second-order valence-corrected chi connectivity index (χ2v) is 4.59. The van der Waals surface area contributed by atoms with Gasteiger partial charge in [0.2, 0.25) is 5.82 Å². The number of hydrogen-bond acceptors (Lipinski definition) is 4. The predicted molar refractivity (Wildman–Crippen MR) is 64.2 cm³/mol. The van der Waals surface area contributed by atoms with Crippen LogP contribution < -0.4 is 0 Å². The summed E-state index contributed by atoms with van der Waals surface area (Å²) in [5, 5.41) is 20.1. The van der Waals surface area contributed by atoms with Crippen LogP contribution in [0.25, 0.3) is 0 Å². The van der Waals surface area contributed by atoms with Crippen molar-refractivity contribution >= 4 is 11.6 Å². The van der Waals surface area contributed by atoms with E-state index in [0.717, 1.165) is 0 Å². The molecule has 0 aliphatic carbocycles. The maximum Gasteiger partial charge on any atom is 0.305 e. The van der Waals surface area contributed by atoms with E-state index < -0.39 is 39.8 Å². The zero-order valence-corrected chi connectivity index (χ0v) is 10.4. The summed E-state index contributed by atoms with van der Waals surface area (Å²) in [6.45, 7) is 0.351. The van der Waals surface area contributed by atoms with Crippen molar-refractivity contribution in [3.05, 3.63) is 39.4 Å². The Balaban J connectivity index is 2.34. The van der Waals surface area contributed by atoms with Crippen LogP contribution in [-0.2, 0) is 0 Å². The van der Waals surface area contributed by atoms with E-state index in [1.54, 1.807) is 0 Å². The van der Waals surface area contributed by atoms with Gasteiger partial charge in [0.25, 0.3) is 5.91 Å². The van der Waals surface area contributed by atoms with Gasteiger partial charge in [-0.1, -0.05) is 0 Å². The van der Waals surface area contributed by atoms with Crippen molar-refractivity contribution in [2.75, 3.05) is 13.1 Å². The zero-order valence-electron chi connectivity index (χ0n) is 10.4. The molecule has 108 valence electrons. The number of aliphatic hydroxyl groups is 1. The fourth-order valence-electron chi connectivity index (χ4n) is 2.15. The van der Waals surface area contributed by atoms with E-state index in [4.69, 9.17) is 0 Å². The summed E-state index contributed by atoms with van der Waals surface area (Å²) in [5.74, 6) is -3.27. The van der Waals surface area contributed by atoms with Crippen LogP contribution in [-0.4, -0.2) is 40.0 Å². The number of hydrogen-bond donors (Lipinski definition) is 1. The SMILES string of the molecule is O=C(c1cc([N+](=O)[O-])c(F)cc1F)N1CCCC(O)C1. The fourth-order valence-corrected chi connectivity index (χ4v) is 2.15. The standard InChI is InChI=1S/C12H12F2N2O4/c13-9-5-10(14)11(16(19)20)4-8(9)12(18)15-3-1-2-7(17)6-15/h4-5,7,17H,1-3,6H2. The Kier molecular flexibility index (Phi) is 3.93. The predicted octanol–water partition coefficient (Wildman–Crippen LogP) is 1.47. The van der Waals surface area contributed by atoms with E-state index in [9.17, 15) is 28.8 Å². The van der Waals surface area contributed by atoms with Gasteiger partial charge in [-0.15, -0.1) is 0 Å². The van der Waals surface area contributed by atoms with Gasteiger partial charge in [0.1, 0.15) is 5.82 Å². The van der Waals surface area contributed by atoms with Crippen molar-refractivity contribution < 1.29 is 23.6 Å². The summed E-state index contributed by atoms with van der Waals surface area (Å²) >= 11 is 0. The highest BCUT2D eigenvalue weighted by Crippen LogP contribution is 2.23. The number of aliphatic hydroxyl groups excluding tert-OH is 1. The zero-order chi connectivity index (χ0) is 14.9. The number of carbonyl (C=O) groups is 1. The Bertz CT molecular complexity index is 565. The van der Waals surface area contributed by atoms with Crippen LogP contribution in [0.2, 0.25) is 0 Å². The first-order chi connectivity index (χ1) is 9.40. The van der Waals surface area contributed by atoms with Crippen LogP contribution >= 0.6 is 0 Å². The van der Waals surface area contributed by atoms with Crippen LogP contribution in [0, 0.1) is 21.7 Å². The molecule has 0 aromatic heterocycles. The van der Waals surface area contributed by atoms with Gasteiger partial charge < -0.3 is 10.0 Å². The Labute approximate surface area is 112 Å². The first-order valence-corrected chi connectivity index (χ1v) is 6.01. The van der Waals surface area contributed by atoms with Gasteiger partial charge in [0, 0.05) is 25.2 Å². The van der Waals surface area contributed by atoms with Crippen LogP contribution in [0.3, 0.4) is 0 Å². The molecule has 1 aliphatic rings. The average Bonchev–Trinajstić information content (AvgIpc) is 2.37. The summed E-state index contributed by atoms with van der Waals surface area (Å²) in [7, 11) is 0. The third-order valence-corrected chi connectivity index (χ3v) is 3.15. The van der Waals surface area contributed by atoms with Gasteiger partial charge in [-0.2, -0.15) is 4.39 Å². The van der Waals surface area contributed by atoms with Gasteiger partial charge in [-0.05, 0) is 12.8 Å². The lowest BCUT2D eigenvalue weighted by atomic mass is 10.1. The molecule has 1 fully saturated rings. The molecule has 1 aromatic carbocycles. The quantitative estimate of drug-likeness (QED) is 0.659. The molecule has 1 amide bonds. The number of rotatable bonds is 2. The Hall–Kier alpha value is -2.09. The van der Waals surface area contributed by atoms with Crippen molar-refractivity contribution in [3.8, 4) is 0 Å². The number of nitro benzene ring substituents is 1. The molecule has 0 bridgehead atoms. The average molecular weight is 286 g/mol. The van der Waals surface area contributed by atoms with Crippen LogP contribution in [0.5, 0.6) is 0 Å². The highest BCUT2D eigenvalue weighted by atomic mass is 19.1. The van der Waals surface area contributed by atoms with Crippen LogP contribution in [0.1, 0.15) is 23.2 Å². The smallest absolute Gasteiger partial charge is 0.305 e. The molecule has 20 heavy (non-hydrogen) atoms. The van der Waals surface area contributed by atoms with Crippen molar-refractivity contribution in [2.45, 2.75) is 18.9 Å². The molecule has 8 heteroatoms. The Morgan fingerprint density at radius 1 is 1.40 bits per heavy atom. The number of nitro groups is 1. The molecule has 0 saturated carbocycles. The van der Waals surface area contributed by atoms with E-state index in [-0.39, 0.29) is 6.54 Å². The minimum atomic E-state index is -1.33. The summed E-state index contributed by atoms with van der Waals surface area (Å²) in [6, 6.07) is 0.916. The molecule has 0 spiro atoms. The van der Waals surface area contributed by atoms with Crippen molar-refractivity contribution in [1.29, 1.82) is 0 Å². The molecule has 2 rings (SSSR count). The minimum Gasteiger partial charge on any atom is -0.391 e. The number of carbonyl (C=O) groups excluding carboxylic acids is 1. The van der Waals surface area contributed by atoms with Crippen molar-refractivity contribution in [1.82, 2.24) is 4.90 Å². The number of halogens is 2. The van der Waals surface area contributed by atoms with Gasteiger partial charge in [0.05, 0.1) is 16.6 Å². The molecular formula is C12H12F2N2O4. The third-order valence-electron chi connectivity index (χ3n) is 3.15. The highest BCUT2D eigenvalue weighted by Gasteiger charge is 2.28. The largest absolute Gasteiger partial charge is 0.391 e. The minimum absolute atomic E-state index is 0.0312. The lowest BCUT2D eigenvalue weighted by molar-refractivity contribution is -0.387. The van der Waals surface area contributed by atoms with Gasteiger partial charge in [0.15, 0.2) is 0 Å². The second-order valence-electron chi connectivity index (χ2n) is 4.59. The van der Waals surface area contributed by atoms with E-state index in [1.807, 2.05) is 0 Å². The Morgan fingerprint density at radius 2 is 2.10 bits per heavy atom. The monoisotopic (exact) mass is 286 g/mol. The second kappa shape index (κ2) is 5.49. The summed E-state index contributed by atoms with van der Waals surface area (Å²) in [6.07, 6.45) is 0.388. The molecule has 1 N–H and O–H groups in total. The van der Waals surface area contributed by atoms with E-state index >= 15 is 0 Å². The first-order valence-electron chi connectivity index (χ1n) is 6.01. The topological polar surface area (TPSA) is 83.7 Å². The molecule has 1 aromatic rings. The number of likely N-dealkylation sites (tertiary alicyclic amines) is 1. The van der Waals surface area contributed by atoms with E-state index in [2.05, 4.69) is 0 Å². The molecule has 1 atom stereocenters. The Morgan fingerprint density at radius 3 is 2.70 bits per heavy atom. The number of nitrogens with zero attached hydrogens (tertiary/aromatic N) is 2. The summed E-state index contributed by atoms with van der Waals surface area (Å²) < 4.78 is 26.8. The lowest BCUT2D eigenvalue weighted by Crippen LogP contribution is -2.42. The molecule has 1 unspecified atom stereocenters. The van der Waals surface area contributed by atoms with E-state index in [1.165, 1.54) is 4.90 Å². The molecule has 1 aliphatic heterocycles. The highest BCUT2D eigenvalue weighted by molar-refractivity contribution is 5.95. The molecular weight excluding hydrogens is 274 g/mol.